The van der Waals surface area contributed by atoms with Gasteiger partial charge < -0.3 is 0 Å². The van der Waals surface area contributed by atoms with Gasteiger partial charge in [0.1, 0.15) is 10.7 Å². The lowest BCUT2D eigenvalue weighted by Crippen LogP contribution is -2.18. The number of thiazole rings is 1. The van der Waals surface area contributed by atoms with Gasteiger partial charge in [0.15, 0.2) is 5.78 Å². The largest absolute Gasteiger partial charge is 0.298 e. The number of hydrogen-bond acceptors (Lipinski definition) is 5. The second-order valence-corrected chi connectivity index (χ2v) is 6.15. The molecule has 0 amide bonds. The number of nitrogens with zero attached hydrogens (tertiary/aromatic N) is 3. The molecule has 3 rings (SSSR count). The van der Waals surface area contributed by atoms with Crippen molar-refractivity contribution in [2.75, 3.05) is 13.1 Å². The predicted molar refractivity (Wildman–Crippen MR) is 79.9 cm³/mol. The van der Waals surface area contributed by atoms with E-state index in [2.05, 4.69) is 14.9 Å². The van der Waals surface area contributed by atoms with E-state index in [0.717, 1.165) is 35.1 Å². The van der Waals surface area contributed by atoms with Crippen LogP contribution in [0.5, 0.6) is 0 Å². The Morgan fingerprint density at radius 3 is 2.65 bits per heavy atom. The first-order valence-electron chi connectivity index (χ1n) is 6.87. The summed E-state index contributed by atoms with van der Waals surface area (Å²) in [7, 11) is 0. The topological polar surface area (TPSA) is 46.1 Å². The number of Topliss-reactive ketones (excluding diaryl/α,β-unsaturated/α-hetero) is 1. The number of aromatic nitrogens is 2. The van der Waals surface area contributed by atoms with Crippen molar-refractivity contribution in [1.82, 2.24) is 14.9 Å². The maximum absolute atomic E-state index is 11.8. The molecule has 1 aliphatic heterocycles. The summed E-state index contributed by atoms with van der Waals surface area (Å²) in [5.41, 5.74) is 1.66. The van der Waals surface area contributed by atoms with E-state index < -0.39 is 0 Å². The summed E-state index contributed by atoms with van der Waals surface area (Å²) >= 11 is 1.63. The number of hydrogen-bond donors (Lipinski definition) is 0. The molecule has 1 saturated heterocycles. The Morgan fingerprint density at radius 2 is 2.00 bits per heavy atom. The van der Waals surface area contributed by atoms with Crippen LogP contribution in [0.25, 0.3) is 10.6 Å². The molecule has 3 heterocycles. The van der Waals surface area contributed by atoms with E-state index in [1.54, 1.807) is 30.7 Å². The molecule has 5 heteroatoms. The minimum Gasteiger partial charge on any atom is -0.298 e. The zero-order valence-electron chi connectivity index (χ0n) is 11.5. The number of carbonyl (C=O) groups is 1. The Morgan fingerprint density at radius 1 is 1.30 bits per heavy atom. The normalized spacial score (nSPS) is 15.7. The van der Waals surface area contributed by atoms with Crippen LogP contribution in [-0.4, -0.2) is 33.7 Å². The monoisotopic (exact) mass is 287 g/mol. The average Bonchev–Trinajstić information content (AvgIpc) is 3.10. The smallest absolute Gasteiger partial charge is 0.179 e. The Bertz CT molecular complexity index is 603. The minimum atomic E-state index is 0.0516. The highest BCUT2D eigenvalue weighted by atomic mass is 32.1. The molecular formula is C15H17N3OS. The molecule has 0 unspecified atom stereocenters. The molecule has 0 saturated carbocycles. The highest BCUT2D eigenvalue weighted by Crippen LogP contribution is 2.29. The Kier molecular flexibility index (Phi) is 3.89. The van der Waals surface area contributed by atoms with Gasteiger partial charge in [-0.1, -0.05) is 0 Å². The van der Waals surface area contributed by atoms with Crippen LogP contribution in [0.1, 0.15) is 35.1 Å². The van der Waals surface area contributed by atoms with Crippen LogP contribution >= 0.6 is 11.3 Å². The van der Waals surface area contributed by atoms with Gasteiger partial charge in [-0.15, -0.1) is 11.3 Å². The number of rotatable bonds is 4. The molecule has 0 N–H and O–H groups in total. The van der Waals surface area contributed by atoms with Crippen molar-refractivity contribution in [3.05, 3.63) is 35.1 Å². The van der Waals surface area contributed by atoms with Crippen LogP contribution in [0.4, 0.5) is 0 Å². The molecule has 0 radical (unpaired) electrons. The van der Waals surface area contributed by atoms with E-state index in [-0.39, 0.29) is 5.78 Å². The van der Waals surface area contributed by atoms with E-state index >= 15 is 0 Å². The van der Waals surface area contributed by atoms with Gasteiger partial charge in [-0.25, -0.2) is 4.98 Å². The summed E-state index contributed by atoms with van der Waals surface area (Å²) in [6.07, 6.45) is 6.02. The molecule has 20 heavy (non-hydrogen) atoms. The van der Waals surface area contributed by atoms with Crippen LogP contribution in [0.15, 0.2) is 24.5 Å². The van der Waals surface area contributed by atoms with E-state index in [4.69, 9.17) is 0 Å². The van der Waals surface area contributed by atoms with Crippen LogP contribution in [0, 0.1) is 0 Å². The third kappa shape index (κ3) is 2.78. The van der Waals surface area contributed by atoms with Gasteiger partial charge in [-0.3, -0.25) is 14.7 Å². The lowest BCUT2D eigenvalue weighted by molar-refractivity contribution is 0.101. The van der Waals surface area contributed by atoms with Crippen molar-refractivity contribution in [2.45, 2.75) is 26.3 Å². The molecule has 0 atom stereocenters. The second-order valence-electron chi connectivity index (χ2n) is 5.07. The van der Waals surface area contributed by atoms with Crippen LogP contribution in [0.2, 0.25) is 0 Å². The molecule has 1 aliphatic rings. The zero-order chi connectivity index (χ0) is 13.9. The first-order valence-corrected chi connectivity index (χ1v) is 7.69. The van der Waals surface area contributed by atoms with Crippen molar-refractivity contribution in [3.63, 3.8) is 0 Å². The Hall–Kier alpha value is -1.59. The second kappa shape index (κ2) is 5.81. The fourth-order valence-electron chi connectivity index (χ4n) is 2.50. The standard InChI is InChI=1S/C15H17N3OS/c1-11(19)14-13(10-18-8-2-3-9-18)20-15(17-14)12-4-6-16-7-5-12/h4-7H,2-3,8-10H2,1H3. The van der Waals surface area contributed by atoms with Gasteiger partial charge in [-0.05, 0) is 38.1 Å². The summed E-state index contributed by atoms with van der Waals surface area (Å²) in [5.74, 6) is 0.0516. The zero-order valence-corrected chi connectivity index (χ0v) is 12.3. The van der Waals surface area contributed by atoms with Crippen LogP contribution in [0.3, 0.4) is 0 Å². The van der Waals surface area contributed by atoms with Crippen LogP contribution < -0.4 is 0 Å². The summed E-state index contributed by atoms with van der Waals surface area (Å²) in [4.78, 5) is 23.8. The van der Waals surface area contributed by atoms with E-state index in [9.17, 15) is 4.79 Å². The molecule has 0 bridgehead atoms. The van der Waals surface area contributed by atoms with Gasteiger partial charge in [0.05, 0.1) is 4.88 Å². The summed E-state index contributed by atoms with van der Waals surface area (Å²) in [5, 5.41) is 0.909. The molecule has 0 aromatic carbocycles. The van der Waals surface area contributed by atoms with Gasteiger partial charge in [0, 0.05) is 31.4 Å². The van der Waals surface area contributed by atoms with Gasteiger partial charge in [0.2, 0.25) is 0 Å². The number of ketones is 1. The van der Waals surface area contributed by atoms with E-state index in [1.165, 1.54) is 12.8 Å². The first-order chi connectivity index (χ1) is 9.74. The number of likely N-dealkylation sites (tertiary alicyclic amines) is 1. The van der Waals surface area contributed by atoms with Crippen LogP contribution in [-0.2, 0) is 6.54 Å². The molecule has 1 fully saturated rings. The summed E-state index contributed by atoms with van der Waals surface area (Å²) < 4.78 is 0. The fourth-order valence-corrected chi connectivity index (χ4v) is 3.65. The molecule has 2 aromatic rings. The predicted octanol–water partition coefficient (Wildman–Crippen LogP) is 3.00. The summed E-state index contributed by atoms with van der Waals surface area (Å²) in [6.45, 7) is 4.69. The minimum absolute atomic E-state index is 0.0516. The summed E-state index contributed by atoms with van der Waals surface area (Å²) in [6, 6.07) is 3.87. The first kappa shape index (κ1) is 13.4. The average molecular weight is 287 g/mol. The molecule has 2 aromatic heterocycles. The molecule has 4 nitrogen and oxygen atoms in total. The quantitative estimate of drug-likeness (QED) is 0.811. The Balaban J connectivity index is 1.92. The van der Waals surface area contributed by atoms with Gasteiger partial charge in [0.25, 0.3) is 0 Å². The highest BCUT2D eigenvalue weighted by molar-refractivity contribution is 7.15. The molecule has 104 valence electrons. The Labute approximate surface area is 122 Å². The third-order valence-corrected chi connectivity index (χ3v) is 4.61. The van der Waals surface area contributed by atoms with E-state index in [1.807, 2.05) is 12.1 Å². The van der Waals surface area contributed by atoms with Gasteiger partial charge in [-0.2, -0.15) is 0 Å². The fraction of sp³-hybridized carbons (Fsp3) is 0.400. The number of pyridine rings is 1. The SMILES string of the molecule is CC(=O)c1nc(-c2ccncc2)sc1CN1CCCC1. The molecular weight excluding hydrogens is 270 g/mol. The van der Waals surface area contributed by atoms with Crippen molar-refractivity contribution in [1.29, 1.82) is 0 Å². The third-order valence-electron chi connectivity index (χ3n) is 3.52. The maximum Gasteiger partial charge on any atom is 0.179 e. The lowest BCUT2D eigenvalue weighted by Gasteiger charge is -2.13. The highest BCUT2D eigenvalue weighted by Gasteiger charge is 2.20. The molecule has 0 aliphatic carbocycles. The maximum atomic E-state index is 11.8. The van der Waals surface area contributed by atoms with E-state index in [0.29, 0.717) is 5.69 Å². The van der Waals surface area contributed by atoms with Crippen molar-refractivity contribution in [3.8, 4) is 10.6 Å². The van der Waals surface area contributed by atoms with Crippen molar-refractivity contribution in [2.24, 2.45) is 0 Å². The molecule has 0 spiro atoms. The lowest BCUT2D eigenvalue weighted by atomic mass is 10.2. The van der Waals surface area contributed by atoms with Gasteiger partial charge >= 0.3 is 0 Å². The van der Waals surface area contributed by atoms with Crippen molar-refractivity contribution < 1.29 is 4.79 Å². The number of carbonyl (C=O) groups excluding carboxylic acids is 1. The van der Waals surface area contributed by atoms with Crippen molar-refractivity contribution >= 4 is 17.1 Å².